The minimum absolute atomic E-state index is 0. The minimum Gasteiger partial charge on any atom is -0.870 e. The molecular weight excluding hydrogens is 472 g/mol. The molecule has 1 aromatic carbocycles. The normalized spacial score (nSPS) is 11.2. The Hall–Kier alpha value is -0.980. The summed E-state index contributed by atoms with van der Waals surface area (Å²) >= 11 is 0. The van der Waals surface area contributed by atoms with Crippen LogP contribution in [0.25, 0.3) is 0 Å². The van der Waals surface area contributed by atoms with Gasteiger partial charge >= 0.3 is 0 Å². The van der Waals surface area contributed by atoms with E-state index in [0.717, 1.165) is 11.0 Å². The van der Waals surface area contributed by atoms with E-state index in [9.17, 15) is 5.11 Å². The zero-order valence-electron chi connectivity index (χ0n) is 26.5. The molecule has 0 atom stereocenters. The molecule has 5 nitrogen and oxygen atoms in total. The fourth-order valence-electron chi connectivity index (χ4n) is 5.39. The van der Waals surface area contributed by atoms with Gasteiger partial charge in [-0.25, -0.2) is 0 Å². The standard InChI is InChI=1S/C19H34N.C14H32NO.2H2O/c1-4-7-15-20(16-8-5-2,17-9-6-3)18-19-13-11-10-12-14-19;1-4-7-10-15(13-14-16,11-8-5-2)12-9-6-3;;/h10-14H,4-9,15-18H2,1-3H3;16H,4-14H2,1-3H3;2*1H2/q2*+1;;/p-2. The molecule has 228 valence electrons. The Morgan fingerprint density at radius 3 is 1.08 bits per heavy atom. The predicted octanol–water partition coefficient (Wildman–Crippen LogP) is 8.25. The molecule has 0 spiro atoms. The van der Waals surface area contributed by atoms with Crippen LogP contribution in [-0.2, 0) is 6.54 Å². The van der Waals surface area contributed by atoms with Crippen molar-refractivity contribution in [2.24, 2.45) is 0 Å². The first-order chi connectivity index (χ1) is 17.5. The van der Waals surface area contributed by atoms with E-state index in [0.29, 0.717) is 6.61 Å². The Morgan fingerprint density at radius 1 is 0.474 bits per heavy atom. The third-order valence-electron chi connectivity index (χ3n) is 7.85. The molecule has 0 saturated carbocycles. The summed E-state index contributed by atoms with van der Waals surface area (Å²) in [6.45, 7) is 24.1. The molecule has 0 aliphatic rings. The number of unbranched alkanes of at least 4 members (excludes halogenated alkanes) is 6. The largest absolute Gasteiger partial charge is 0.870 e. The van der Waals surface area contributed by atoms with Gasteiger partial charge < -0.3 is 25.0 Å². The van der Waals surface area contributed by atoms with E-state index in [4.69, 9.17) is 0 Å². The molecule has 1 aromatic rings. The number of hydrogen-bond donors (Lipinski definition) is 1. The van der Waals surface area contributed by atoms with Gasteiger partial charge in [0.1, 0.15) is 13.1 Å². The number of rotatable bonds is 22. The lowest BCUT2D eigenvalue weighted by Gasteiger charge is -2.39. The van der Waals surface area contributed by atoms with E-state index in [1.54, 1.807) is 0 Å². The number of benzene rings is 1. The molecule has 0 aliphatic carbocycles. The third-order valence-corrected chi connectivity index (χ3v) is 7.85. The molecule has 0 heterocycles. The van der Waals surface area contributed by atoms with Crippen molar-refractivity contribution in [2.45, 2.75) is 125 Å². The van der Waals surface area contributed by atoms with Crippen LogP contribution in [0.3, 0.4) is 0 Å². The van der Waals surface area contributed by atoms with E-state index in [1.165, 1.54) is 133 Å². The smallest absolute Gasteiger partial charge is 0.104 e. The van der Waals surface area contributed by atoms with Crippen molar-refractivity contribution in [1.29, 1.82) is 0 Å². The van der Waals surface area contributed by atoms with Gasteiger partial charge in [0.2, 0.25) is 0 Å². The average molecular weight is 541 g/mol. The Balaban J connectivity index is -0.000000628. The van der Waals surface area contributed by atoms with Crippen molar-refractivity contribution in [2.75, 3.05) is 52.4 Å². The molecule has 5 heteroatoms. The van der Waals surface area contributed by atoms with E-state index in [1.807, 2.05) is 0 Å². The summed E-state index contributed by atoms with van der Waals surface area (Å²) in [6, 6.07) is 11.1. The summed E-state index contributed by atoms with van der Waals surface area (Å²) in [5.41, 5.74) is 1.51. The van der Waals surface area contributed by atoms with E-state index in [2.05, 4.69) is 71.9 Å². The van der Waals surface area contributed by atoms with Crippen molar-refractivity contribution < 1.29 is 25.0 Å². The summed E-state index contributed by atoms with van der Waals surface area (Å²) in [4.78, 5) is 0. The van der Waals surface area contributed by atoms with Crippen LogP contribution in [-0.4, -0.2) is 77.4 Å². The van der Waals surface area contributed by atoms with Crippen LogP contribution in [0.5, 0.6) is 0 Å². The van der Waals surface area contributed by atoms with Gasteiger partial charge in [-0.1, -0.05) is 110 Å². The van der Waals surface area contributed by atoms with Gasteiger partial charge in [-0.2, -0.15) is 0 Å². The van der Waals surface area contributed by atoms with E-state index in [-0.39, 0.29) is 11.0 Å². The summed E-state index contributed by atoms with van der Waals surface area (Å²) in [5, 5.41) is 9.28. The zero-order valence-corrected chi connectivity index (χ0v) is 26.5. The molecule has 0 aromatic heterocycles. The molecule has 0 radical (unpaired) electrons. The van der Waals surface area contributed by atoms with Crippen LogP contribution >= 0.6 is 0 Å². The van der Waals surface area contributed by atoms with Gasteiger partial charge in [0, 0.05) is 5.56 Å². The second kappa shape index (κ2) is 27.6. The molecule has 0 fully saturated rings. The fourth-order valence-corrected chi connectivity index (χ4v) is 5.39. The highest BCUT2D eigenvalue weighted by Gasteiger charge is 2.26. The minimum atomic E-state index is 0. The first-order valence-corrected chi connectivity index (χ1v) is 15.9. The Bertz CT molecular complexity index is 539. The first kappa shape index (κ1) is 41.5. The molecular formula is C33H68N2O3. The maximum atomic E-state index is 9.28. The molecule has 1 rings (SSSR count). The van der Waals surface area contributed by atoms with E-state index >= 15 is 0 Å². The van der Waals surface area contributed by atoms with Gasteiger partial charge in [0.05, 0.1) is 45.9 Å². The fraction of sp³-hybridized carbons (Fsp3) is 0.818. The predicted molar refractivity (Wildman–Crippen MR) is 165 cm³/mol. The Labute approximate surface area is 238 Å². The second-order valence-corrected chi connectivity index (χ2v) is 11.2. The van der Waals surface area contributed by atoms with Crippen molar-refractivity contribution in [3.63, 3.8) is 0 Å². The van der Waals surface area contributed by atoms with Gasteiger partial charge in [0.25, 0.3) is 0 Å². The molecule has 0 bridgehead atoms. The van der Waals surface area contributed by atoms with Gasteiger partial charge in [0.15, 0.2) is 0 Å². The number of aliphatic hydroxyl groups is 1. The number of aliphatic hydroxyl groups excluding tert-OH is 1. The topological polar surface area (TPSA) is 80.2 Å². The Kier molecular flexibility index (Phi) is 30.1. The highest BCUT2D eigenvalue weighted by molar-refractivity contribution is 5.13. The molecule has 38 heavy (non-hydrogen) atoms. The molecule has 0 aliphatic heterocycles. The summed E-state index contributed by atoms with van der Waals surface area (Å²) in [5.74, 6) is 0. The highest BCUT2D eigenvalue weighted by Crippen LogP contribution is 2.20. The maximum absolute atomic E-state index is 9.28. The highest BCUT2D eigenvalue weighted by atomic mass is 16.3. The van der Waals surface area contributed by atoms with E-state index < -0.39 is 0 Å². The summed E-state index contributed by atoms with van der Waals surface area (Å²) in [6.07, 6.45) is 15.7. The van der Waals surface area contributed by atoms with Gasteiger partial charge in [-0.15, -0.1) is 0 Å². The molecule has 0 unspecified atom stereocenters. The third kappa shape index (κ3) is 19.1. The van der Waals surface area contributed by atoms with Crippen LogP contribution in [0.15, 0.2) is 30.3 Å². The monoisotopic (exact) mass is 541 g/mol. The quantitative estimate of drug-likeness (QED) is 0.150. The maximum Gasteiger partial charge on any atom is 0.104 e. The van der Waals surface area contributed by atoms with Crippen molar-refractivity contribution in [1.82, 2.24) is 0 Å². The lowest BCUT2D eigenvalue weighted by Crippen LogP contribution is -2.51. The van der Waals surface area contributed by atoms with Crippen molar-refractivity contribution in [3.8, 4) is 0 Å². The Morgan fingerprint density at radius 2 is 0.789 bits per heavy atom. The van der Waals surface area contributed by atoms with Crippen molar-refractivity contribution >= 4 is 0 Å². The number of nitrogens with zero attached hydrogens (tertiary/aromatic N) is 2. The molecule has 0 saturated heterocycles. The SMILES string of the molecule is CCCC[N+](CCCC)(CCCC)Cc1ccccc1.CCCC[N+](CCO)(CCCC)CCCC.[OH-].[OH-]. The molecule has 3 N–H and O–H groups in total. The van der Waals surface area contributed by atoms with Crippen molar-refractivity contribution in [3.05, 3.63) is 35.9 Å². The first-order valence-electron chi connectivity index (χ1n) is 15.9. The second-order valence-electron chi connectivity index (χ2n) is 11.2. The molecule has 0 amide bonds. The average Bonchev–Trinajstić information content (AvgIpc) is 2.91. The number of quaternary nitrogens is 2. The zero-order chi connectivity index (χ0) is 27.0. The summed E-state index contributed by atoms with van der Waals surface area (Å²) in [7, 11) is 0. The van der Waals surface area contributed by atoms with Gasteiger partial charge in [-0.3, -0.25) is 0 Å². The van der Waals surface area contributed by atoms with Crippen LogP contribution in [0.1, 0.15) is 124 Å². The van der Waals surface area contributed by atoms with Crippen LogP contribution < -0.4 is 0 Å². The summed E-state index contributed by atoms with van der Waals surface area (Å²) < 4.78 is 2.46. The van der Waals surface area contributed by atoms with Gasteiger partial charge in [-0.05, 0) is 38.5 Å². The van der Waals surface area contributed by atoms with Crippen LogP contribution in [0, 0.1) is 0 Å². The lowest BCUT2D eigenvalue weighted by atomic mass is 10.1. The number of hydrogen-bond acceptors (Lipinski definition) is 3. The lowest BCUT2D eigenvalue weighted by molar-refractivity contribution is -0.941. The van der Waals surface area contributed by atoms with Crippen LogP contribution in [0.4, 0.5) is 0 Å². The van der Waals surface area contributed by atoms with Crippen LogP contribution in [0.2, 0.25) is 0 Å².